The zero-order valence-corrected chi connectivity index (χ0v) is 13.9. The molecule has 3 rings (SSSR count). The number of nitrogens with zero attached hydrogens (tertiary/aromatic N) is 1. The van der Waals surface area contributed by atoms with Gasteiger partial charge in [0, 0.05) is 6.04 Å². The molecule has 0 radical (unpaired) electrons. The summed E-state index contributed by atoms with van der Waals surface area (Å²) in [5.74, 6) is 1.28. The van der Waals surface area contributed by atoms with Crippen LogP contribution in [0.15, 0.2) is 0 Å². The van der Waals surface area contributed by atoms with Gasteiger partial charge in [0.2, 0.25) is 5.91 Å². The molecule has 3 nitrogen and oxygen atoms in total. The Balaban J connectivity index is 1.78. The first-order valence-corrected chi connectivity index (χ1v) is 9.27. The molecule has 21 heavy (non-hydrogen) atoms. The second-order valence-electron chi connectivity index (χ2n) is 7.72. The summed E-state index contributed by atoms with van der Waals surface area (Å²) in [6.45, 7) is 4.60. The van der Waals surface area contributed by atoms with Gasteiger partial charge in [0.05, 0.1) is 11.7 Å². The van der Waals surface area contributed by atoms with Gasteiger partial charge >= 0.3 is 0 Å². The molecular formula is C18H32N2O. The van der Waals surface area contributed by atoms with E-state index in [2.05, 4.69) is 24.1 Å². The molecule has 3 atom stereocenters. The lowest BCUT2D eigenvalue weighted by Crippen LogP contribution is -2.45. The molecule has 3 aliphatic rings. The van der Waals surface area contributed by atoms with Crippen LogP contribution in [-0.2, 0) is 4.79 Å². The van der Waals surface area contributed by atoms with Crippen molar-refractivity contribution in [3.05, 3.63) is 0 Å². The minimum absolute atomic E-state index is 0.183. The lowest BCUT2D eigenvalue weighted by molar-refractivity contribution is -0.135. The molecule has 1 amide bonds. The van der Waals surface area contributed by atoms with Crippen LogP contribution in [0.1, 0.15) is 84.5 Å². The Kier molecular flexibility index (Phi) is 4.58. The molecular weight excluding hydrogens is 260 g/mol. The average Bonchev–Trinajstić information content (AvgIpc) is 2.96. The molecule has 0 aromatic carbocycles. The number of hydrogen-bond acceptors (Lipinski definition) is 2. The van der Waals surface area contributed by atoms with Gasteiger partial charge in [-0.3, -0.25) is 10.1 Å². The zero-order valence-electron chi connectivity index (χ0n) is 13.9. The van der Waals surface area contributed by atoms with Gasteiger partial charge < -0.3 is 4.90 Å². The van der Waals surface area contributed by atoms with Crippen LogP contribution in [0, 0.1) is 5.92 Å². The highest BCUT2D eigenvalue weighted by atomic mass is 16.2. The third kappa shape index (κ3) is 2.86. The Labute approximate surface area is 129 Å². The number of nitrogens with one attached hydrogen (secondary N) is 1. The summed E-state index contributed by atoms with van der Waals surface area (Å²) in [7, 11) is 0. The average molecular weight is 292 g/mol. The molecule has 0 aromatic heterocycles. The van der Waals surface area contributed by atoms with E-state index < -0.39 is 0 Å². The number of carbonyl (C=O) groups is 1. The molecule has 0 aromatic rings. The number of amides is 1. The fourth-order valence-corrected chi connectivity index (χ4v) is 4.83. The van der Waals surface area contributed by atoms with Crippen molar-refractivity contribution in [2.45, 2.75) is 102 Å². The van der Waals surface area contributed by atoms with Gasteiger partial charge in [0.25, 0.3) is 0 Å². The van der Waals surface area contributed by atoms with Crippen LogP contribution in [0.3, 0.4) is 0 Å². The van der Waals surface area contributed by atoms with Crippen molar-refractivity contribution in [3.8, 4) is 0 Å². The Bertz CT molecular complexity index is 375. The minimum Gasteiger partial charge on any atom is -0.323 e. The van der Waals surface area contributed by atoms with Crippen molar-refractivity contribution in [1.29, 1.82) is 0 Å². The largest absolute Gasteiger partial charge is 0.323 e. The highest BCUT2D eigenvalue weighted by Gasteiger charge is 2.53. The molecule has 1 saturated heterocycles. The molecule has 2 aliphatic carbocycles. The fraction of sp³-hybridized carbons (Fsp3) is 0.944. The highest BCUT2D eigenvalue weighted by molar-refractivity contribution is 5.89. The van der Waals surface area contributed by atoms with Crippen molar-refractivity contribution in [3.63, 3.8) is 0 Å². The van der Waals surface area contributed by atoms with Crippen LogP contribution in [-0.4, -0.2) is 28.6 Å². The molecule has 3 fully saturated rings. The van der Waals surface area contributed by atoms with Crippen molar-refractivity contribution in [2.75, 3.05) is 0 Å². The van der Waals surface area contributed by atoms with E-state index in [9.17, 15) is 4.79 Å². The first-order chi connectivity index (χ1) is 10.2. The van der Waals surface area contributed by atoms with E-state index in [-0.39, 0.29) is 5.54 Å². The molecule has 1 N–H and O–H groups in total. The Hall–Kier alpha value is -0.570. The lowest BCUT2D eigenvalue weighted by Gasteiger charge is -2.32. The van der Waals surface area contributed by atoms with Crippen molar-refractivity contribution < 1.29 is 4.79 Å². The van der Waals surface area contributed by atoms with E-state index in [1.807, 2.05) is 0 Å². The number of hydrogen-bond donors (Lipinski definition) is 1. The van der Waals surface area contributed by atoms with Gasteiger partial charge in [0.15, 0.2) is 0 Å². The predicted molar refractivity (Wildman–Crippen MR) is 85.9 cm³/mol. The predicted octanol–water partition coefficient (Wildman–Crippen LogP) is 3.83. The molecule has 2 saturated carbocycles. The van der Waals surface area contributed by atoms with Crippen LogP contribution < -0.4 is 5.32 Å². The first kappa shape index (κ1) is 15.3. The maximum atomic E-state index is 13.2. The summed E-state index contributed by atoms with van der Waals surface area (Å²) in [6.07, 6.45) is 13.5. The van der Waals surface area contributed by atoms with Gasteiger partial charge in [-0.15, -0.1) is 0 Å². The normalized spacial score (nSPS) is 36.4. The topological polar surface area (TPSA) is 32.3 Å². The zero-order chi connectivity index (χ0) is 14.9. The minimum atomic E-state index is -0.183. The van der Waals surface area contributed by atoms with E-state index in [0.29, 0.717) is 18.1 Å². The lowest BCUT2D eigenvalue weighted by atomic mass is 9.96. The number of carbonyl (C=O) groups excluding carboxylic acids is 1. The van der Waals surface area contributed by atoms with Gasteiger partial charge in [-0.2, -0.15) is 0 Å². The first-order valence-electron chi connectivity index (χ1n) is 9.27. The SMILES string of the molecule is CCCC1NC2(CCCC2)C(=O)N1C1CCCC(C)CC1. The third-order valence-corrected chi connectivity index (χ3v) is 6.06. The van der Waals surface area contributed by atoms with Gasteiger partial charge in [-0.05, 0) is 44.4 Å². The second kappa shape index (κ2) is 6.28. The van der Waals surface area contributed by atoms with Crippen LogP contribution in [0.4, 0.5) is 0 Å². The number of rotatable bonds is 3. The van der Waals surface area contributed by atoms with E-state index >= 15 is 0 Å². The quantitative estimate of drug-likeness (QED) is 0.802. The van der Waals surface area contributed by atoms with E-state index in [4.69, 9.17) is 0 Å². The molecule has 1 aliphatic heterocycles. The molecule has 120 valence electrons. The molecule has 0 bridgehead atoms. The fourth-order valence-electron chi connectivity index (χ4n) is 4.83. The monoisotopic (exact) mass is 292 g/mol. The third-order valence-electron chi connectivity index (χ3n) is 6.06. The molecule has 1 heterocycles. The van der Waals surface area contributed by atoms with Crippen molar-refractivity contribution in [1.82, 2.24) is 10.2 Å². The second-order valence-corrected chi connectivity index (χ2v) is 7.72. The summed E-state index contributed by atoms with van der Waals surface area (Å²) >= 11 is 0. The van der Waals surface area contributed by atoms with Crippen LogP contribution in [0.5, 0.6) is 0 Å². The maximum Gasteiger partial charge on any atom is 0.244 e. The summed E-state index contributed by atoms with van der Waals surface area (Å²) in [5.41, 5.74) is -0.183. The van der Waals surface area contributed by atoms with Crippen LogP contribution in [0.2, 0.25) is 0 Å². The van der Waals surface area contributed by atoms with Gasteiger partial charge in [-0.1, -0.05) is 46.0 Å². The summed E-state index contributed by atoms with van der Waals surface area (Å²) in [6, 6.07) is 0.492. The standard InChI is InChI=1S/C18H32N2O/c1-3-7-16-19-18(12-4-5-13-18)17(21)20(16)15-9-6-8-14(2)10-11-15/h14-16,19H,3-13H2,1-2H3. The van der Waals surface area contributed by atoms with Gasteiger partial charge in [-0.25, -0.2) is 0 Å². The summed E-state index contributed by atoms with van der Waals surface area (Å²) in [4.78, 5) is 15.5. The summed E-state index contributed by atoms with van der Waals surface area (Å²) < 4.78 is 0. The van der Waals surface area contributed by atoms with E-state index in [1.165, 1.54) is 44.9 Å². The maximum absolute atomic E-state index is 13.2. The van der Waals surface area contributed by atoms with E-state index in [0.717, 1.165) is 31.6 Å². The Morgan fingerprint density at radius 2 is 1.90 bits per heavy atom. The highest BCUT2D eigenvalue weighted by Crippen LogP contribution is 2.40. The Morgan fingerprint density at radius 3 is 2.62 bits per heavy atom. The molecule has 3 unspecified atom stereocenters. The van der Waals surface area contributed by atoms with Crippen molar-refractivity contribution in [2.24, 2.45) is 5.92 Å². The van der Waals surface area contributed by atoms with E-state index in [1.54, 1.807) is 0 Å². The Morgan fingerprint density at radius 1 is 1.14 bits per heavy atom. The molecule has 3 heteroatoms. The summed E-state index contributed by atoms with van der Waals surface area (Å²) in [5, 5.41) is 3.77. The van der Waals surface area contributed by atoms with Crippen LogP contribution >= 0.6 is 0 Å². The van der Waals surface area contributed by atoms with Crippen molar-refractivity contribution >= 4 is 5.91 Å². The van der Waals surface area contributed by atoms with Gasteiger partial charge in [0.1, 0.15) is 0 Å². The van der Waals surface area contributed by atoms with Crippen LogP contribution in [0.25, 0.3) is 0 Å². The molecule has 1 spiro atoms. The smallest absolute Gasteiger partial charge is 0.244 e.